The van der Waals surface area contributed by atoms with Gasteiger partial charge in [-0.15, -0.1) is 0 Å². The summed E-state index contributed by atoms with van der Waals surface area (Å²) >= 11 is 0. The van der Waals surface area contributed by atoms with Gasteiger partial charge in [0.1, 0.15) is 11.7 Å². The van der Waals surface area contributed by atoms with E-state index in [0.717, 1.165) is 18.8 Å². The molecule has 2 rings (SSSR count). The van der Waals surface area contributed by atoms with Crippen molar-refractivity contribution in [1.82, 2.24) is 4.98 Å². The lowest BCUT2D eigenvalue weighted by Crippen LogP contribution is -2.35. The van der Waals surface area contributed by atoms with E-state index in [1.54, 1.807) is 12.3 Å². The zero-order valence-corrected chi connectivity index (χ0v) is 9.93. The van der Waals surface area contributed by atoms with Crippen LogP contribution in [0.15, 0.2) is 18.3 Å². The average molecular weight is 234 g/mol. The van der Waals surface area contributed by atoms with Crippen LogP contribution in [0.1, 0.15) is 18.9 Å². The van der Waals surface area contributed by atoms with E-state index in [9.17, 15) is 5.11 Å². The summed E-state index contributed by atoms with van der Waals surface area (Å²) in [4.78, 5) is 6.43. The van der Waals surface area contributed by atoms with Crippen LogP contribution >= 0.6 is 0 Å². The molecule has 2 heterocycles. The highest BCUT2D eigenvalue weighted by Gasteiger charge is 2.31. The number of nitrogen functional groups attached to an aromatic ring is 1. The first-order chi connectivity index (χ1) is 8.13. The molecule has 1 aliphatic heterocycles. The molecule has 0 saturated carbocycles. The molecule has 1 saturated heterocycles. The Hall–Kier alpha value is -1.62. The summed E-state index contributed by atoms with van der Waals surface area (Å²) in [6.07, 6.45) is 2.68. The molecule has 5 nitrogen and oxygen atoms in total. The van der Waals surface area contributed by atoms with Gasteiger partial charge < -0.3 is 15.7 Å². The Bertz CT molecular complexity index is 403. The number of rotatable bonds is 3. The van der Waals surface area contributed by atoms with Gasteiger partial charge in [-0.3, -0.25) is 5.41 Å². The van der Waals surface area contributed by atoms with Crippen molar-refractivity contribution in [3.05, 3.63) is 23.9 Å². The molecule has 0 bridgehead atoms. The van der Waals surface area contributed by atoms with Crippen molar-refractivity contribution in [1.29, 1.82) is 5.41 Å². The molecule has 92 valence electrons. The Morgan fingerprint density at radius 2 is 2.41 bits per heavy atom. The maximum atomic E-state index is 9.39. The van der Waals surface area contributed by atoms with Gasteiger partial charge in [0.25, 0.3) is 0 Å². The van der Waals surface area contributed by atoms with Crippen LogP contribution in [-0.2, 0) is 0 Å². The number of nitrogens with two attached hydrogens (primary N) is 1. The minimum Gasteiger partial charge on any atom is -0.394 e. The molecular weight excluding hydrogens is 216 g/mol. The Morgan fingerprint density at radius 1 is 1.65 bits per heavy atom. The van der Waals surface area contributed by atoms with Crippen molar-refractivity contribution in [3.8, 4) is 0 Å². The normalized spacial score (nSPS) is 24.0. The topological polar surface area (TPSA) is 86.2 Å². The number of hydrogen-bond acceptors (Lipinski definition) is 4. The second kappa shape index (κ2) is 4.71. The van der Waals surface area contributed by atoms with Gasteiger partial charge in [-0.2, -0.15) is 0 Å². The van der Waals surface area contributed by atoms with Crippen molar-refractivity contribution in [2.24, 2.45) is 11.7 Å². The number of anilines is 1. The molecule has 0 spiro atoms. The molecule has 2 atom stereocenters. The molecule has 1 fully saturated rings. The summed E-state index contributed by atoms with van der Waals surface area (Å²) in [6, 6.07) is 3.80. The third-order valence-corrected chi connectivity index (χ3v) is 3.42. The zero-order valence-electron chi connectivity index (χ0n) is 9.93. The van der Waals surface area contributed by atoms with Gasteiger partial charge in [-0.1, -0.05) is 6.92 Å². The lowest BCUT2D eigenvalue weighted by atomic mass is 10.0. The zero-order chi connectivity index (χ0) is 12.4. The number of pyridine rings is 1. The fourth-order valence-corrected chi connectivity index (χ4v) is 2.29. The standard InChI is InChI=1S/C12H18N4O/c1-8-4-5-16(10(8)7-17)11-3-2-9(6-15-11)12(13)14/h2-3,6,8,10,17H,4-5,7H2,1H3,(H3,13,14). The molecule has 1 aromatic heterocycles. The van der Waals surface area contributed by atoms with E-state index >= 15 is 0 Å². The average Bonchev–Trinajstić information content (AvgIpc) is 2.70. The Labute approximate surface area is 101 Å². The Kier molecular flexibility index (Phi) is 3.28. The molecule has 1 aromatic rings. The van der Waals surface area contributed by atoms with Gasteiger partial charge in [0.05, 0.1) is 12.6 Å². The van der Waals surface area contributed by atoms with E-state index in [-0.39, 0.29) is 18.5 Å². The molecule has 0 radical (unpaired) electrons. The lowest BCUT2D eigenvalue weighted by molar-refractivity contribution is 0.244. The lowest BCUT2D eigenvalue weighted by Gasteiger charge is -2.26. The quantitative estimate of drug-likeness (QED) is 0.527. The van der Waals surface area contributed by atoms with Gasteiger partial charge >= 0.3 is 0 Å². The first kappa shape index (κ1) is 11.9. The number of aromatic nitrogens is 1. The van der Waals surface area contributed by atoms with Crippen molar-refractivity contribution in [2.45, 2.75) is 19.4 Å². The SMILES string of the molecule is CC1CCN(c2ccc(C(=N)N)cn2)C1CO. The summed E-state index contributed by atoms with van der Waals surface area (Å²) in [6.45, 7) is 3.21. The van der Waals surface area contributed by atoms with Crippen LogP contribution in [0.5, 0.6) is 0 Å². The number of aliphatic hydroxyl groups excluding tert-OH is 1. The van der Waals surface area contributed by atoms with Crippen LogP contribution in [-0.4, -0.2) is 35.1 Å². The van der Waals surface area contributed by atoms with Crippen LogP contribution in [0.3, 0.4) is 0 Å². The molecule has 0 amide bonds. The molecule has 1 aliphatic rings. The highest BCUT2D eigenvalue weighted by atomic mass is 16.3. The van der Waals surface area contributed by atoms with Crippen LogP contribution < -0.4 is 10.6 Å². The van der Waals surface area contributed by atoms with E-state index in [2.05, 4.69) is 16.8 Å². The van der Waals surface area contributed by atoms with Gasteiger partial charge in [0.2, 0.25) is 0 Å². The number of nitrogens with zero attached hydrogens (tertiary/aromatic N) is 2. The highest BCUT2D eigenvalue weighted by molar-refractivity contribution is 5.94. The van der Waals surface area contributed by atoms with E-state index in [4.69, 9.17) is 11.1 Å². The highest BCUT2D eigenvalue weighted by Crippen LogP contribution is 2.27. The fraction of sp³-hybridized carbons (Fsp3) is 0.500. The van der Waals surface area contributed by atoms with Gasteiger partial charge in [-0.25, -0.2) is 4.98 Å². The van der Waals surface area contributed by atoms with Crippen LogP contribution in [0.4, 0.5) is 5.82 Å². The smallest absolute Gasteiger partial charge is 0.128 e. The number of hydrogen-bond donors (Lipinski definition) is 3. The largest absolute Gasteiger partial charge is 0.394 e. The van der Waals surface area contributed by atoms with Gasteiger partial charge in [0, 0.05) is 18.3 Å². The Balaban J connectivity index is 2.20. The molecule has 4 N–H and O–H groups in total. The monoisotopic (exact) mass is 234 g/mol. The molecule has 17 heavy (non-hydrogen) atoms. The minimum absolute atomic E-state index is 0.0255. The van der Waals surface area contributed by atoms with Crippen LogP contribution in [0.25, 0.3) is 0 Å². The maximum Gasteiger partial charge on any atom is 0.128 e. The van der Waals surface area contributed by atoms with E-state index < -0.39 is 0 Å². The van der Waals surface area contributed by atoms with Gasteiger partial charge in [-0.05, 0) is 24.5 Å². The van der Waals surface area contributed by atoms with Gasteiger partial charge in [0.15, 0.2) is 0 Å². The first-order valence-electron chi connectivity index (χ1n) is 5.81. The van der Waals surface area contributed by atoms with E-state index in [1.807, 2.05) is 6.07 Å². The molecule has 5 heteroatoms. The second-order valence-corrected chi connectivity index (χ2v) is 4.53. The predicted octanol–water partition coefficient (Wildman–Crippen LogP) is 0.573. The third kappa shape index (κ3) is 2.24. The van der Waals surface area contributed by atoms with Crippen molar-refractivity contribution in [2.75, 3.05) is 18.1 Å². The summed E-state index contributed by atoms with van der Waals surface area (Å²) < 4.78 is 0. The summed E-state index contributed by atoms with van der Waals surface area (Å²) in [5.74, 6) is 1.35. The van der Waals surface area contributed by atoms with E-state index in [0.29, 0.717) is 11.5 Å². The first-order valence-corrected chi connectivity index (χ1v) is 5.81. The molecular formula is C12H18N4O. The fourth-order valence-electron chi connectivity index (χ4n) is 2.29. The second-order valence-electron chi connectivity index (χ2n) is 4.53. The summed E-state index contributed by atoms with van der Waals surface area (Å²) in [7, 11) is 0. The third-order valence-electron chi connectivity index (χ3n) is 3.42. The van der Waals surface area contributed by atoms with E-state index in [1.165, 1.54) is 0 Å². The van der Waals surface area contributed by atoms with Crippen LogP contribution in [0.2, 0.25) is 0 Å². The molecule has 0 aliphatic carbocycles. The van der Waals surface area contributed by atoms with Crippen molar-refractivity contribution in [3.63, 3.8) is 0 Å². The van der Waals surface area contributed by atoms with Crippen molar-refractivity contribution < 1.29 is 5.11 Å². The molecule has 0 aromatic carbocycles. The maximum absolute atomic E-state index is 9.39. The predicted molar refractivity (Wildman–Crippen MR) is 67.3 cm³/mol. The van der Waals surface area contributed by atoms with Crippen molar-refractivity contribution >= 4 is 11.7 Å². The van der Waals surface area contributed by atoms with Crippen LogP contribution in [0, 0.1) is 11.3 Å². The summed E-state index contributed by atoms with van der Waals surface area (Å²) in [5, 5.41) is 16.7. The number of nitrogens with one attached hydrogen (secondary N) is 1. The number of amidine groups is 1. The number of aliphatic hydroxyl groups is 1. The minimum atomic E-state index is 0.0255. The molecule has 2 unspecified atom stereocenters. The summed E-state index contributed by atoms with van der Waals surface area (Å²) in [5.41, 5.74) is 6.01. The Morgan fingerprint density at radius 3 is 2.94 bits per heavy atom.